The Morgan fingerprint density at radius 1 is 1.33 bits per heavy atom. The van der Waals surface area contributed by atoms with Gasteiger partial charge in [-0.05, 0) is 13.8 Å². The minimum absolute atomic E-state index is 0. The fourth-order valence-corrected chi connectivity index (χ4v) is 1.30. The zero-order valence-electron chi connectivity index (χ0n) is 6.75. The van der Waals surface area contributed by atoms with Crippen molar-refractivity contribution in [3.05, 3.63) is 0 Å². The fourth-order valence-electron chi connectivity index (χ4n) is 0.542. The van der Waals surface area contributed by atoms with Gasteiger partial charge in [-0.25, -0.2) is 0 Å². The van der Waals surface area contributed by atoms with Crippen molar-refractivity contribution >= 4 is 43.6 Å². The van der Waals surface area contributed by atoms with Gasteiger partial charge in [0.2, 0.25) is 8.03 Å². The normalized spacial score (nSPS) is 11.5. The van der Waals surface area contributed by atoms with E-state index in [1.165, 1.54) is 0 Å². The van der Waals surface area contributed by atoms with E-state index in [9.17, 15) is 9.36 Å². The van der Waals surface area contributed by atoms with E-state index in [4.69, 9.17) is 4.52 Å². The van der Waals surface area contributed by atoms with Crippen molar-refractivity contribution in [1.82, 2.24) is 0 Å². The van der Waals surface area contributed by atoms with Crippen molar-refractivity contribution in [2.24, 2.45) is 0 Å². The average molecular weight is 204 g/mol. The van der Waals surface area contributed by atoms with Crippen molar-refractivity contribution in [3.8, 4) is 0 Å². The summed E-state index contributed by atoms with van der Waals surface area (Å²) in [5.41, 5.74) is 0. The predicted octanol–water partition coefficient (Wildman–Crippen LogP) is 0.412. The van der Waals surface area contributed by atoms with E-state index < -0.39 is 14.0 Å². The summed E-state index contributed by atoms with van der Waals surface area (Å²) < 4.78 is 20.1. The molecule has 0 bridgehead atoms. The van der Waals surface area contributed by atoms with Crippen LogP contribution < -0.4 is 0 Å². The Labute approximate surface area is 95.2 Å². The molecule has 0 spiro atoms. The summed E-state index contributed by atoms with van der Waals surface area (Å²) in [6, 6.07) is 0. The van der Waals surface area contributed by atoms with Crippen molar-refractivity contribution in [3.63, 3.8) is 0 Å². The molecule has 0 aromatic heterocycles. The van der Waals surface area contributed by atoms with Crippen LogP contribution in [0.25, 0.3) is 0 Å². The standard InChI is InChI=1S/C6H13O4P.Na.H/c1-3-9-6(7)5-11(8)10-4-2;;/h11H,3-5H2,1-2H3;;. The third kappa shape index (κ3) is 8.75. The molecule has 68 valence electrons. The second-order valence-electron chi connectivity index (χ2n) is 1.79. The minimum atomic E-state index is -2.19. The number of ether oxygens (including phenoxy) is 1. The molecule has 0 N–H and O–H groups in total. The summed E-state index contributed by atoms with van der Waals surface area (Å²) in [4.78, 5) is 10.7. The van der Waals surface area contributed by atoms with Gasteiger partial charge in [0.1, 0.15) is 6.16 Å². The average Bonchev–Trinajstić information content (AvgIpc) is 1.87. The SMILES string of the molecule is CCOC(=O)C[PH](=O)OCC.[NaH]. The molecule has 6 heteroatoms. The molecule has 1 unspecified atom stereocenters. The molecular formula is C6H14NaO4P. The second-order valence-corrected chi connectivity index (χ2v) is 3.17. The van der Waals surface area contributed by atoms with Crippen LogP contribution in [-0.2, 0) is 18.6 Å². The van der Waals surface area contributed by atoms with Gasteiger partial charge in [0.15, 0.2) is 0 Å². The van der Waals surface area contributed by atoms with Crippen LogP contribution in [0, 0.1) is 0 Å². The third-order valence-corrected chi connectivity index (χ3v) is 2.09. The van der Waals surface area contributed by atoms with Gasteiger partial charge in [-0.15, -0.1) is 0 Å². The molecule has 0 saturated carbocycles. The molecule has 0 radical (unpaired) electrons. The molecule has 0 aliphatic heterocycles. The first-order chi connectivity index (χ1) is 5.20. The van der Waals surface area contributed by atoms with Crippen molar-refractivity contribution < 1.29 is 18.6 Å². The molecular weight excluding hydrogens is 190 g/mol. The van der Waals surface area contributed by atoms with E-state index in [1.54, 1.807) is 13.8 Å². The molecule has 0 aliphatic rings. The van der Waals surface area contributed by atoms with Gasteiger partial charge < -0.3 is 9.26 Å². The number of carbonyl (C=O) groups is 1. The van der Waals surface area contributed by atoms with Gasteiger partial charge in [-0.2, -0.15) is 0 Å². The molecule has 0 heterocycles. The Bertz CT molecular complexity index is 134. The molecule has 0 aromatic carbocycles. The van der Waals surface area contributed by atoms with Crippen molar-refractivity contribution in [2.45, 2.75) is 13.8 Å². The van der Waals surface area contributed by atoms with Gasteiger partial charge in [0.25, 0.3) is 0 Å². The van der Waals surface area contributed by atoms with Crippen LogP contribution in [-0.4, -0.2) is 54.9 Å². The summed E-state index contributed by atoms with van der Waals surface area (Å²) in [5, 5.41) is 0. The van der Waals surface area contributed by atoms with Gasteiger partial charge in [-0.3, -0.25) is 9.36 Å². The van der Waals surface area contributed by atoms with Crippen LogP contribution in [0.15, 0.2) is 0 Å². The van der Waals surface area contributed by atoms with Crippen LogP contribution in [0.3, 0.4) is 0 Å². The van der Waals surface area contributed by atoms with Gasteiger partial charge in [0, 0.05) is 0 Å². The van der Waals surface area contributed by atoms with E-state index in [2.05, 4.69) is 4.74 Å². The third-order valence-electron chi connectivity index (χ3n) is 0.899. The summed E-state index contributed by atoms with van der Waals surface area (Å²) in [6.45, 7) is 4.13. The van der Waals surface area contributed by atoms with E-state index >= 15 is 0 Å². The molecule has 0 amide bonds. The van der Waals surface area contributed by atoms with E-state index in [0.29, 0.717) is 13.2 Å². The Morgan fingerprint density at radius 2 is 1.92 bits per heavy atom. The molecule has 1 atom stereocenters. The summed E-state index contributed by atoms with van der Waals surface area (Å²) in [5.74, 6) is -0.454. The molecule has 4 nitrogen and oxygen atoms in total. The number of carbonyl (C=O) groups excluding carboxylic acids is 1. The maximum atomic E-state index is 10.8. The first-order valence-electron chi connectivity index (χ1n) is 3.52. The maximum absolute atomic E-state index is 10.8. The first-order valence-corrected chi connectivity index (χ1v) is 5.04. The van der Waals surface area contributed by atoms with Crippen molar-refractivity contribution in [2.75, 3.05) is 19.4 Å². The van der Waals surface area contributed by atoms with Crippen LogP contribution in [0.5, 0.6) is 0 Å². The number of rotatable bonds is 5. The molecule has 0 aliphatic carbocycles. The number of hydrogen-bond donors (Lipinski definition) is 0. The summed E-state index contributed by atoms with van der Waals surface area (Å²) in [6.07, 6.45) is -0.105. The van der Waals surface area contributed by atoms with E-state index in [0.717, 1.165) is 0 Å². The monoisotopic (exact) mass is 204 g/mol. The zero-order valence-corrected chi connectivity index (χ0v) is 7.75. The van der Waals surface area contributed by atoms with Gasteiger partial charge >= 0.3 is 35.5 Å². The van der Waals surface area contributed by atoms with Crippen LogP contribution in [0.1, 0.15) is 13.8 Å². The molecule has 0 rings (SSSR count). The Balaban J connectivity index is 0. The van der Waals surface area contributed by atoms with Gasteiger partial charge in [0.05, 0.1) is 13.2 Å². The van der Waals surface area contributed by atoms with Crippen LogP contribution in [0.2, 0.25) is 0 Å². The number of esters is 1. The zero-order chi connectivity index (χ0) is 8.69. The summed E-state index contributed by atoms with van der Waals surface area (Å²) in [7, 11) is -2.19. The van der Waals surface area contributed by atoms with Crippen LogP contribution in [0.4, 0.5) is 0 Å². The van der Waals surface area contributed by atoms with Gasteiger partial charge in [-0.1, -0.05) is 0 Å². The Kier molecular flexibility index (Phi) is 12.3. The first kappa shape index (κ1) is 15.1. The Hall–Kier alpha value is 0.660. The van der Waals surface area contributed by atoms with E-state index in [1.807, 2.05) is 0 Å². The quantitative estimate of drug-likeness (QED) is 0.370. The molecule has 12 heavy (non-hydrogen) atoms. The second kappa shape index (κ2) is 9.75. The van der Waals surface area contributed by atoms with E-state index in [-0.39, 0.29) is 35.7 Å². The molecule has 0 saturated heterocycles. The molecule has 0 fully saturated rings. The Morgan fingerprint density at radius 3 is 2.33 bits per heavy atom. The van der Waals surface area contributed by atoms with Crippen molar-refractivity contribution in [1.29, 1.82) is 0 Å². The summed E-state index contributed by atoms with van der Waals surface area (Å²) >= 11 is 0. The molecule has 0 aromatic rings. The predicted molar refractivity (Wildman–Crippen MR) is 49.3 cm³/mol. The number of hydrogen-bond acceptors (Lipinski definition) is 4. The fraction of sp³-hybridized carbons (Fsp3) is 0.833. The van der Waals surface area contributed by atoms with Crippen LogP contribution >= 0.6 is 8.03 Å². The topological polar surface area (TPSA) is 52.6 Å².